The van der Waals surface area contributed by atoms with Gasteiger partial charge in [0.15, 0.2) is 0 Å². The van der Waals surface area contributed by atoms with Crippen LogP contribution in [0.1, 0.15) is 44.6 Å². The molecule has 1 saturated heterocycles. The van der Waals surface area contributed by atoms with Crippen molar-refractivity contribution >= 4 is 17.7 Å². The Hall–Kier alpha value is -2.17. The molecule has 0 radical (unpaired) electrons. The Balaban J connectivity index is 1.72. The average Bonchev–Trinajstić information content (AvgIpc) is 2.99. The van der Waals surface area contributed by atoms with Crippen molar-refractivity contribution in [1.82, 2.24) is 4.90 Å². The first-order chi connectivity index (χ1) is 11.6. The Labute approximate surface area is 142 Å². The largest absolute Gasteiger partial charge is 0.459 e. The number of carbonyl (C=O) groups is 3. The molecule has 1 saturated carbocycles. The van der Waals surface area contributed by atoms with Crippen molar-refractivity contribution < 1.29 is 19.1 Å². The molecule has 1 aliphatic heterocycles. The van der Waals surface area contributed by atoms with Crippen molar-refractivity contribution in [1.29, 1.82) is 0 Å². The van der Waals surface area contributed by atoms with Gasteiger partial charge >= 0.3 is 5.97 Å². The molecule has 0 spiro atoms. The van der Waals surface area contributed by atoms with Crippen molar-refractivity contribution in [3.63, 3.8) is 0 Å². The number of carbonyl (C=O) groups excluding carboxylic acids is 3. The Morgan fingerprint density at radius 3 is 2.54 bits per heavy atom. The number of esters is 1. The van der Waals surface area contributed by atoms with E-state index in [9.17, 15) is 14.4 Å². The molecule has 0 aromatic heterocycles. The molecule has 128 valence electrons. The summed E-state index contributed by atoms with van der Waals surface area (Å²) in [4.78, 5) is 38.1. The minimum Gasteiger partial charge on any atom is -0.459 e. The summed E-state index contributed by atoms with van der Waals surface area (Å²) in [5, 5.41) is 0. The molecule has 1 heterocycles. The predicted octanol–water partition coefficient (Wildman–Crippen LogP) is 2.48. The molecule has 5 nitrogen and oxygen atoms in total. The smallest absolute Gasteiger partial charge is 0.329 e. The summed E-state index contributed by atoms with van der Waals surface area (Å²) >= 11 is 0. The second kappa shape index (κ2) is 7.16. The van der Waals surface area contributed by atoms with Crippen LogP contribution in [-0.4, -0.2) is 34.6 Å². The van der Waals surface area contributed by atoms with Gasteiger partial charge in [-0.3, -0.25) is 9.59 Å². The van der Waals surface area contributed by atoms with Gasteiger partial charge in [0.05, 0.1) is 0 Å². The molecule has 2 fully saturated rings. The monoisotopic (exact) mass is 329 g/mol. The van der Waals surface area contributed by atoms with Crippen molar-refractivity contribution in [2.24, 2.45) is 5.92 Å². The van der Waals surface area contributed by atoms with Gasteiger partial charge in [-0.2, -0.15) is 0 Å². The number of hydrogen-bond acceptors (Lipinski definition) is 4. The van der Waals surface area contributed by atoms with E-state index in [4.69, 9.17) is 4.74 Å². The van der Waals surface area contributed by atoms with Crippen molar-refractivity contribution in [2.45, 2.75) is 57.7 Å². The fourth-order valence-electron chi connectivity index (χ4n) is 3.97. The van der Waals surface area contributed by atoms with Crippen LogP contribution in [0.3, 0.4) is 0 Å². The Morgan fingerprint density at radius 2 is 1.83 bits per heavy atom. The minimum absolute atomic E-state index is 0.00410. The molecule has 2 aliphatic rings. The van der Waals surface area contributed by atoms with Crippen LogP contribution in [-0.2, 0) is 25.7 Å². The molecular formula is C19H23NO4. The topological polar surface area (TPSA) is 63.7 Å². The Morgan fingerprint density at radius 1 is 1.12 bits per heavy atom. The molecule has 0 N–H and O–H groups in total. The van der Waals surface area contributed by atoms with Gasteiger partial charge in [-0.15, -0.1) is 0 Å². The molecule has 24 heavy (non-hydrogen) atoms. The molecule has 3 atom stereocenters. The van der Waals surface area contributed by atoms with Crippen LogP contribution < -0.4 is 0 Å². The summed E-state index contributed by atoms with van der Waals surface area (Å²) in [5.74, 6) is -1.16. The number of likely N-dealkylation sites (tertiary alicyclic amines) is 1. The second-order valence-corrected chi connectivity index (χ2v) is 6.73. The molecule has 3 rings (SSSR count). The summed E-state index contributed by atoms with van der Waals surface area (Å²) in [6, 6.07) is 8.83. The van der Waals surface area contributed by atoms with Gasteiger partial charge in [-0.05, 0) is 30.7 Å². The lowest BCUT2D eigenvalue weighted by Gasteiger charge is -2.32. The first-order valence-electron chi connectivity index (χ1n) is 8.61. The minimum atomic E-state index is -0.627. The maximum Gasteiger partial charge on any atom is 0.329 e. The Kier molecular flexibility index (Phi) is 4.97. The fourth-order valence-corrected chi connectivity index (χ4v) is 3.97. The third-order valence-corrected chi connectivity index (χ3v) is 5.12. The van der Waals surface area contributed by atoms with E-state index in [-0.39, 0.29) is 12.6 Å². The highest BCUT2D eigenvalue weighted by Gasteiger charge is 2.48. The zero-order chi connectivity index (χ0) is 17.1. The highest BCUT2D eigenvalue weighted by atomic mass is 16.5. The lowest BCUT2D eigenvalue weighted by molar-refractivity contribution is -0.157. The van der Waals surface area contributed by atoms with E-state index in [0.717, 1.165) is 31.2 Å². The molecule has 3 unspecified atom stereocenters. The summed E-state index contributed by atoms with van der Waals surface area (Å²) in [5.41, 5.74) is 0.908. The first-order valence-corrected chi connectivity index (χ1v) is 8.61. The molecule has 1 amide bonds. The fraction of sp³-hybridized carbons (Fsp3) is 0.526. The number of nitrogens with zero attached hydrogens (tertiary/aromatic N) is 1. The summed E-state index contributed by atoms with van der Waals surface area (Å²) in [7, 11) is 0. The number of hydrogen-bond donors (Lipinski definition) is 0. The van der Waals surface area contributed by atoms with Gasteiger partial charge in [0.2, 0.25) is 5.78 Å². The van der Waals surface area contributed by atoms with Crippen LogP contribution in [0.2, 0.25) is 0 Å². The third kappa shape index (κ3) is 3.35. The van der Waals surface area contributed by atoms with E-state index in [1.54, 1.807) is 0 Å². The number of benzene rings is 1. The first kappa shape index (κ1) is 16.7. The summed E-state index contributed by atoms with van der Waals surface area (Å²) < 4.78 is 5.43. The summed E-state index contributed by atoms with van der Waals surface area (Å²) in [6.45, 7) is 1.46. The van der Waals surface area contributed by atoms with Crippen molar-refractivity contribution in [3.05, 3.63) is 35.9 Å². The highest BCUT2D eigenvalue weighted by molar-refractivity contribution is 6.35. The SMILES string of the molecule is CC(=O)C(=O)N1C(C(=O)OCc2ccccc2)CC2CCCCC21. The van der Waals surface area contributed by atoms with Crippen LogP contribution in [0.15, 0.2) is 30.3 Å². The molecule has 0 bridgehead atoms. The van der Waals surface area contributed by atoms with Gasteiger partial charge in [0, 0.05) is 13.0 Å². The molecule has 1 aliphatic carbocycles. The average molecular weight is 329 g/mol. The number of Topliss-reactive ketones (excluding diaryl/α,β-unsaturated/α-hetero) is 1. The zero-order valence-corrected chi connectivity index (χ0v) is 13.9. The maximum absolute atomic E-state index is 12.6. The highest BCUT2D eigenvalue weighted by Crippen LogP contribution is 2.40. The van der Waals surface area contributed by atoms with Crippen LogP contribution in [0, 0.1) is 5.92 Å². The second-order valence-electron chi connectivity index (χ2n) is 6.73. The normalized spacial score (nSPS) is 25.9. The number of ketones is 1. The number of fused-ring (bicyclic) bond motifs is 1. The van der Waals surface area contributed by atoms with Gasteiger partial charge in [-0.25, -0.2) is 4.79 Å². The third-order valence-electron chi connectivity index (χ3n) is 5.12. The maximum atomic E-state index is 12.6. The van der Waals surface area contributed by atoms with Crippen molar-refractivity contribution in [3.8, 4) is 0 Å². The predicted molar refractivity (Wildman–Crippen MR) is 87.9 cm³/mol. The number of amides is 1. The van der Waals surface area contributed by atoms with Crippen LogP contribution in [0.4, 0.5) is 0 Å². The standard InChI is InChI=1S/C19H23NO4/c1-13(21)18(22)20-16-10-6-5-9-15(16)11-17(20)19(23)24-12-14-7-3-2-4-8-14/h2-4,7-8,15-17H,5-6,9-12H2,1H3. The number of rotatable bonds is 4. The van der Waals surface area contributed by atoms with Crippen LogP contribution in [0.25, 0.3) is 0 Å². The Bertz CT molecular complexity index is 628. The molecular weight excluding hydrogens is 306 g/mol. The molecule has 1 aromatic rings. The zero-order valence-electron chi connectivity index (χ0n) is 13.9. The number of ether oxygens (including phenoxy) is 1. The van der Waals surface area contributed by atoms with Crippen molar-refractivity contribution in [2.75, 3.05) is 0 Å². The van der Waals surface area contributed by atoms with Crippen LogP contribution >= 0.6 is 0 Å². The van der Waals surface area contributed by atoms with E-state index in [1.165, 1.54) is 11.8 Å². The van der Waals surface area contributed by atoms with E-state index in [2.05, 4.69) is 0 Å². The van der Waals surface area contributed by atoms with E-state index >= 15 is 0 Å². The van der Waals surface area contributed by atoms with E-state index < -0.39 is 23.7 Å². The lowest BCUT2D eigenvalue weighted by atomic mass is 9.84. The van der Waals surface area contributed by atoms with E-state index in [1.807, 2.05) is 30.3 Å². The lowest BCUT2D eigenvalue weighted by Crippen LogP contribution is -2.48. The summed E-state index contributed by atoms with van der Waals surface area (Å²) in [6.07, 6.45) is 4.64. The van der Waals surface area contributed by atoms with Gasteiger partial charge in [0.1, 0.15) is 12.6 Å². The van der Waals surface area contributed by atoms with Gasteiger partial charge in [-0.1, -0.05) is 43.2 Å². The van der Waals surface area contributed by atoms with Crippen LogP contribution in [0.5, 0.6) is 0 Å². The molecule has 5 heteroatoms. The van der Waals surface area contributed by atoms with E-state index in [0.29, 0.717) is 12.3 Å². The quantitative estimate of drug-likeness (QED) is 0.629. The van der Waals surface area contributed by atoms with Gasteiger partial charge in [0.25, 0.3) is 5.91 Å². The molecule has 1 aromatic carbocycles. The van der Waals surface area contributed by atoms with Gasteiger partial charge < -0.3 is 9.64 Å².